The van der Waals surface area contributed by atoms with Crippen molar-refractivity contribution >= 4 is 11.5 Å². The second kappa shape index (κ2) is 5.47. The van der Waals surface area contributed by atoms with E-state index in [2.05, 4.69) is 82.8 Å². The third-order valence-corrected chi connectivity index (χ3v) is 4.83. The van der Waals surface area contributed by atoms with E-state index in [9.17, 15) is 0 Å². The van der Waals surface area contributed by atoms with E-state index in [0.717, 1.165) is 17.8 Å². The molecule has 0 unspecified atom stereocenters. The van der Waals surface area contributed by atoms with E-state index in [1.807, 2.05) is 6.07 Å². The average molecular weight is 320 g/mol. The molecule has 1 aliphatic rings. The molecule has 1 N–H and O–H groups in total. The van der Waals surface area contributed by atoms with Gasteiger partial charge in [0, 0.05) is 11.3 Å². The Bertz CT molecular complexity index is 756. The summed E-state index contributed by atoms with van der Waals surface area (Å²) in [6.45, 7) is 14.3. The first-order chi connectivity index (χ1) is 11.1. The normalized spacial score (nSPS) is 14.9. The van der Waals surface area contributed by atoms with Crippen LogP contribution in [0.15, 0.2) is 42.5 Å². The van der Waals surface area contributed by atoms with E-state index in [-0.39, 0.29) is 10.8 Å². The number of rotatable bonds is 1. The van der Waals surface area contributed by atoms with Crippen molar-refractivity contribution in [2.45, 2.75) is 58.9 Å². The standard InChI is InChI=1S/C22H28N2/c1-21(2,3)16-11-17(22(4,5)6)13-18(12-16)24-14-15-9-7-8-10-19(15)20(24)23/h7-13,23H,14H2,1-6H3. The number of hydrogen-bond donors (Lipinski definition) is 1. The van der Waals surface area contributed by atoms with Gasteiger partial charge in [0.15, 0.2) is 0 Å². The quantitative estimate of drug-likeness (QED) is 0.724. The van der Waals surface area contributed by atoms with Crippen LogP contribution < -0.4 is 4.90 Å². The molecule has 3 rings (SSSR count). The second-order valence-electron chi connectivity index (χ2n) is 8.86. The minimum absolute atomic E-state index is 0.0881. The van der Waals surface area contributed by atoms with Gasteiger partial charge in [-0.2, -0.15) is 0 Å². The second-order valence-corrected chi connectivity index (χ2v) is 8.86. The van der Waals surface area contributed by atoms with Crippen molar-refractivity contribution in [2.24, 2.45) is 0 Å². The fourth-order valence-electron chi connectivity index (χ4n) is 3.14. The van der Waals surface area contributed by atoms with Gasteiger partial charge in [-0.1, -0.05) is 71.9 Å². The molecule has 126 valence electrons. The van der Waals surface area contributed by atoms with E-state index in [1.165, 1.54) is 16.7 Å². The SMILES string of the molecule is CC(C)(C)c1cc(N2Cc3ccccc3C2=N)cc(C(C)(C)C)c1. The van der Waals surface area contributed by atoms with Crippen LogP contribution in [0.5, 0.6) is 0 Å². The van der Waals surface area contributed by atoms with Gasteiger partial charge < -0.3 is 4.90 Å². The summed E-state index contributed by atoms with van der Waals surface area (Å²) < 4.78 is 0. The van der Waals surface area contributed by atoms with Crippen LogP contribution >= 0.6 is 0 Å². The maximum Gasteiger partial charge on any atom is 0.133 e. The molecule has 2 heteroatoms. The Kier molecular flexibility index (Phi) is 3.82. The maximum absolute atomic E-state index is 8.60. The fourth-order valence-corrected chi connectivity index (χ4v) is 3.14. The van der Waals surface area contributed by atoms with Crippen LogP contribution in [0.25, 0.3) is 0 Å². The molecule has 0 radical (unpaired) electrons. The molecule has 0 aliphatic carbocycles. The highest BCUT2D eigenvalue weighted by Crippen LogP contribution is 2.36. The number of hydrogen-bond acceptors (Lipinski definition) is 1. The van der Waals surface area contributed by atoms with Gasteiger partial charge in [0.25, 0.3) is 0 Å². The number of nitrogens with zero attached hydrogens (tertiary/aromatic N) is 1. The molecule has 1 heterocycles. The van der Waals surface area contributed by atoms with Crippen LogP contribution in [-0.2, 0) is 17.4 Å². The molecule has 0 fully saturated rings. The van der Waals surface area contributed by atoms with Crippen molar-refractivity contribution in [1.29, 1.82) is 5.41 Å². The zero-order chi connectivity index (χ0) is 17.7. The first kappa shape index (κ1) is 16.8. The Morgan fingerprint density at radius 1 is 0.833 bits per heavy atom. The summed E-state index contributed by atoms with van der Waals surface area (Å²) >= 11 is 0. The Balaban J connectivity index is 2.10. The van der Waals surface area contributed by atoms with E-state index < -0.39 is 0 Å². The van der Waals surface area contributed by atoms with Crippen LogP contribution in [0.1, 0.15) is 63.8 Å². The molecule has 0 bridgehead atoms. The van der Waals surface area contributed by atoms with Gasteiger partial charge in [-0.05, 0) is 39.7 Å². The lowest BCUT2D eigenvalue weighted by Gasteiger charge is -2.29. The van der Waals surface area contributed by atoms with Crippen LogP contribution in [0.3, 0.4) is 0 Å². The minimum Gasteiger partial charge on any atom is -0.322 e. The number of fused-ring (bicyclic) bond motifs is 1. The molecule has 2 aromatic carbocycles. The van der Waals surface area contributed by atoms with Gasteiger partial charge >= 0.3 is 0 Å². The molecular formula is C22H28N2. The van der Waals surface area contributed by atoms with Gasteiger partial charge in [-0.15, -0.1) is 0 Å². The van der Waals surface area contributed by atoms with Gasteiger partial charge in [-0.25, -0.2) is 0 Å². The molecule has 1 aliphatic heterocycles. The van der Waals surface area contributed by atoms with Gasteiger partial charge in [0.05, 0.1) is 6.54 Å². The van der Waals surface area contributed by atoms with Crippen molar-refractivity contribution in [3.05, 3.63) is 64.7 Å². The number of nitrogens with one attached hydrogen (secondary N) is 1. The molecule has 24 heavy (non-hydrogen) atoms. The highest BCUT2D eigenvalue weighted by molar-refractivity contribution is 6.11. The molecule has 0 spiro atoms. The summed E-state index contributed by atoms with van der Waals surface area (Å²) in [5.74, 6) is 0.608. The van der Waals surface area contributed by atoms with Crippen LogP contribution in [0, 0.1) is 5.41 Å². The minimum atomic E-state index is 0.0881. The highest BCUT2D eigenvalue weighted by Gasteiger charge is 2.28. The van der Waals surface area contributed by atoms with Crippen molar-refractivity contribution in [3.8, 4) is 0 Å². The average Bonchev–Trinajstić information content (AvgIpc) is 2.83. The van der Waals surface area contributed by atoms with Crippen molar-refractivity contribution in [3.63, 3.8) is 0 Å². The van der Waals surface area contributed by atoms with Crippen molar-refractivity contribution < 1.29 is 0 Å². The Hall–Kier alpha value is -2.09. The van der Waals surface area contributed by atoms with Gasteiger partial charge in [0.1, 0.15) is 5.84 Å². The van der Waals surface area contributed by atoms with Crippen molar-refractivity contribution in [2.75, 3.05) is 4.90 Å². The summed E-state index contributed by atoms with van der Waals surface area (Å²) in [5.41, 5.74) is 6.25. The first-order valence-electron chi connectivity index (χ1n) is 8.68. The highest BCUT2D eigenvalue weighted by atomic mass is 15.2. The van der Waals surface area contributed by atoms with E-state index in [4.69, 9.17) is 5.41 Å². The lowest BCUT2D eigenvalue weighted by atomic mass is 9.80. The first-order valence-corrected chi connectivity index (χ1v) is 8.68. The van der Waals surface area contributed by atoms with Crippen LogP contribution in [0.4, 0.5) is 5.69 Å². The molecular weight excluding hydrogens is 292 g/mol. The van der Waals surface area contributed by atoms with Crippen LogP contribution in [0.2, 0.25) is 0 Å². The maximum atomic E-state index is 8.60. The van der Waals surface area contributed by atoms with Gasteiger partial charge in [0.2, 0.25) is 0 Å². The fraction of sp³-hybridized carbons (Fsp3) is 0.409. The molecule has 0 atom stereocenters. The zero-order valence-corrected chi connectivity index (χ0v) is 15.7. The number of anilines is 1. The number of benzene rings is 2. The Labute approximate surface area is 146 Å². The lowest BCUT2D eigenvalue weighted by Crippen LogP contribution is -2.25. The third-order valence-electron chi connectivity index (χ3n) is 4.83. The van der Waals surface area contributed by atoms with E-state index in [1.54, 1.807) is 0 Å². The number of amidine groups is 1. The predicted octanol–water partition coefficient (Wildman–Crippen LogP) is 5.63. The van der Waals surface area contributed by atoms with Crippen LogP contribution in [-0.4, -0.2) is 5.84 Å². The summed E-state index contributed by atoms with van der Waals surface area (Å²) in [6.07, 6.45) is 0. The molecule has 2 aromatic rings. The summed E-state index contributed by atoms with van der Waals surface area (Å²) in [4.78, 5) is 2.13. The molecule has 0 aromatic heterocycles. The molecule has 2 nitrogen and oxygen atoms in total. The monoisotopic (exact) mass is 320 g/mol. The summed E-state index contributed by atoms with van der Waals surface area (Å²) in [7, 11) is 0. The summed E-state index contributed by atoms with van der Waals surface area (Å²) in [5, 5.41) is 8.60. The zero-order valence-electron chi connectivity index (χ0n) is 15.7. The lowest BCUT2D eigenvalue weighted by molar-refractivity contribution is 0.568. The Morgan fingerprint density at radius 2 is 1.38 bits per heavy atom. The van der Waals surface area contributed by atoms with E-state index in [0.29, 0.717) is 5.84 Å². The van der Waals surface area contributed by atoms with E-state index >= 15 is 0 Å². The largest absolute Gasteiger partial charge is 0.322 e. The molecule has 0 saturated heterocycles. The molecule has 0 amide bonds. The topological polar surface area (TPSA) is 27.1 Å². The van der Waals surface area contributed by atoms with Crippen molar-refractivity contribution in [1.82, 2.24) is 0 Å². The summed E-state index contributed by atoms with van der Waals surface area (Å²) in [6, 6.07) is 15.1. The van der Waals surface area contributed by atoms with Gasteiger partial charge in [-0.3, -0.25) is 5.41 Å². The molecule has 0 saturated carbocycles. The smallest absolute Gasteiger partial charge is 0.133 e. The predicted molar refractivity (Wildman–Crippen MR) is 103 cm³/mol. The third kappa shape index (κ3) is 2.98. The Morgan fingerprint density at radius 3 is 1.88 bits per heavy atom.